The molecule has 0 unspecified atom stereocenters. The molecule has 1 aliphatic rings. The molecule has 0 spiro atoms. The summed E-state index contributed by atoms with van der Waals surface area (Å²) < 4.78 is 5.39. The van der Waals surface area contributed by atoms with Crippen LogP contribution >= 0.6 is 0 Å². The van der Waals surface area contributed by atoms with E-state index in [1.807, 2.05) is 12.4 Å². The SMILES string of the molecule is CC(C)NCc1cnc(N(C)CC2CCOCC2)nc1. The van der Waals surface area contributed by atoms with Crippen molar-refractivity contribution >= 4 is 5.95 Å². The molecule has 20 heavy (non-hydrogen) atoms. The normalized spacial score (nSPS) is 16.6. The van der Waals surface area contributed by atoms with Gasteiger partial charge in [0, 0.05) is 57.3 Å². The Balaban J connectivity index is 1.84. The zero-order valence-corrected chi connectivity index (χ0v) is 12.8. The second-order valence-electron chi connectivity index (χ2n) is 5.86. The number of aromatic nitrogens is 2. The Morgan fingerprint density at radius 2 is 1.95 bits per heavy atom. The zero-order chi connectivity index (χ0) is 14.4. The van der Waals surface area contributed by atoms with Crippen LogP contribution in [0.15, 0.2) is 12.4 Å². The van der Waals surface area contributed by atoms with E-state index in [9.17, 15) is 0 Å². The van der Waals surface area contributed by atoms with Crippen LogP contribution in [0.5, 0.6) is 0 Å². The van der Waals surface area contributed by atoms with Crippen LogP contribution in [0.2, 0.25) is 0 Å². The first kappa shape index (κ1) is 15.2. The molecule has 1 aromatic heterocycles. The zero-order valence-electron chi connectivity index (χ0n) is 12.8. The van der Waals surface area contributed by atoms with Gasteiger partial charge in [0.05, 0.1) is 0 Å². The van der Waals surface area contributed by atoms with Crippen LogP contribution in [-0.2, 0) is 11.3 Å². The second kappa shape index (κ2) is 7.55. The lowest BCUT2D eigenvalue weighted by Gasteiger charge is -2.27. The van der Waals surface area contributed by atoms with E-state index in [1.165, 1.54) is 0 Å². The first-order chi connectivity index (χ1) is 9.65. The van der Waals surface area contributed by atoms with E-state index in [2.05, 4.69) is 41.1 Å². The molecule has 0 aliphatic carbocycles. The average molecular weight is 278 g/mol. The molecule has 0 saturated carbocycles. The Labute approximate surface area is 121 Å². The number of nitrogens with one attached hydrogen (secondary N) is 1. The van der Waals surface area contributed by atoms with E-state index in [0.717, 1.165) is 50.7 Å². The van der Waals surface area contributed by atoms with Crippen molar-refractivity contribution in [1.29, 1.82) is 0 Å². The summed E-state index contributed by atoms with van der Waals surface area (Å²) in [5, 5.41) is 3.37. The van der Waals surface area contributed by atoms with Gasteiger partial charge in [0.25, 0.3) is 0 Å². The molecule has 1 fully saturated rings. The van der Waals surface area contributed by atoms with E-state index < -0.39 is 0 Å². The fourth-order valence-corrected chi connectivity index (χ4v) is 2.36. The number of ether oxygens (including phenoxy) is 1. The van der Waals surface area contributed by atoms with E-state index in [0.29, 0.717) is 12.0 Å². The van der Waals surface area contributed by atoms with Crippen molar-refractivity contribution in [2.45, 2.75) is 39.3 Å². The lowest BCUT2D eigenvalue weighted by molar-refractivity contribution is 0.0684. The van der Waals surface area contributed by atoms with Gasteiger partial charge in [0.15, 0.2) is 0 Å². The first-order valence-electron chi connectivity index (χ1n) is 7.48. The van der Waals surface area contributed by atoms with Crippen molar-refractivity contribution in [3.8, 4) is 0 Å². The van der Waals surface area contributed by atoms with Gasteiger partial charge in [-0.15, -0.1) is 0 Å². The fraction of sp³-hybridized carbons (Fsp3) is 0.733. The van der Waals surface area contributed by atoms with Crippen molar-refractivity contribution in [1.82, 2.24) is 15.3 Å². The number of nitrogens with zero attached hydrogens (tertiary/aromatic N) is 3. The van der Waals surface area contributed by atoms with E-state index in [-0.39, 0.29) is 0 Å². The third-order valence-electron chi connectivity index (χ3n) is 3.62. The summed E-state index contributed by atoms with van der Waals surface area (Å²) in [6.45, 7) is 7.88. The second-order valence-corrected chi connectivity index (χ2v) is 5.86. The topological polar surface area (TPSA) is 50.3 Å². The van der Waals surface area contributed by atoms with Crippen molar-refractivity contribution in [3.63, 3.8) is 0 Å². The molecule has 0 amide bonds. The van der Waals surface area contributed by atoms with Crippen LogP contribution < -0.4 is 10.2 Å². The van der Waals surface area contributed by atoms with Gasteiger partial charge in [0.1, 0.15) is 0 Å². The minimum Gasteiger partial charge on any atom is -0.381 e. The molecule has 5 heteroatoms. The number of anilines is 1. The predicted molar refractivity (Wildman–Crippen MR) is 80.8 cm³/mol. The van der Waals surface area contributed by atoms with Crippen molar-refractivity contribution < 1.29 is 4.74 Å². The van der Waals surface area contributed by atoms with E-state index in [1.54, 1.807) is 0 Å². The Morgan fingerprint density at radius 3 is 2.55 bits per heavy atom. The van der Waals surface area contributed by atoms with Gasteiger partial charge in [-0.2, -0.15) is 0 Å². The van der Waals surface area contributed by atoms with Gasteiger partial charge in [-0.3, -0.25) is 0 Å². The van der Waals surface area contributed by atoms with Crippen LogP contribution in [0, 0.1) is 5.92 Å². The molecule has 0 atom stereocenters. The molecule has 0 bridgehead atoms. The summed E-state index contributed by atoms with van der Waals surface area (Å²) in [5.41, 5.74) is 1.13. The van der Waals surface area contributed by atoms with E-state index >= 15 is 0 Å². The summed E-state index contributed by atoms with van der Waals surface area (Å²) in [4.78, 5) is 11.1. The van der Waals surface area contributed by atoms with E-state index in [4.69, 9.17) is 4.74 Å². The molecule has 112 valence electrons. The van der Waals surface area contributed by atoms with Gasteiger partial charge in [0.2, 0.25) is 5.95 Å². The van der Waals surface area contributed by atoms with Gasteiger partial charge in [-0.25, -0.2) is 9.97 Å². The highest BCUT2D eigenvalue weighted by molar-refractivity contribution is 5.28. The first-order valence-corrected chi connectivity index (χ1v) is 7.48. The lowest BCUT2D eigenvalue weighted by atomic mass is 10.0. The Hall–Kier alpha value is -1.20. The summed E-state index contributed by atoms with van der Waals surface area (Å²) in [5.74, 6) is 1.50. The van der Waals surface area contributed by atoms with Crippen LogP contribution in [0.25, 0.3) is 0 Å². The minimum atomic E-state index is 0.478. The smallest absolute Gasteiger partial charge is 0.225 e. The predicted octanol–water partition coefficient (Wildman–Crippen LogP) is 1.84. The van der Waals surface area contributed by atoms with Gasteiger partial charge in [-0.05, 0) is 18.8 Å². The Bertz CT molecular complexity index is 387. The quantitative estimate of drug-likeness (QED) is 0.860. The maximum Gasteiger partial charge on any atom is 0.225 e. The van der Waals surface area contributed by atoms with Crippen LogP contribution in [0.3, 0.4) is 0 Å². The molecule has 2 rings (SSSR count). The average Bonchev–Trinajstić information content (AvgIpc) is 2.46. The number of rotatable bonds is 6. The molecular weight excluding hydrogens is 252 g/mol. The molecule has 1 aromatic rings. The summed E-state index contributed by atoms with van der Waals surface area (Å²) in [6.07, 6.45) is 6.11. The lowest BCUT2D eigenvalue weighted by Crippen LogP contribution is -2.30. The Morgan fingerprint density at radius 1 is 1.30 bits per heavy atom. The molecule has 5 nitrogen and oxygen atoms in total. The molecule has 1 N–H and O–H groups in total. The van der Waals surface area contributed by atoms with Gasteiger partial charge in [-0.1, -0.05) is 13.8 Å². The monoisotopic (exact) mass is 278 g/mol. The highest BCUT2D eigenvalue weighted by Crippen LogP contribution is 2.17. The summed E-state index contributed by atoms with van der Waals surface area (Å²) in [7, 11) is 2.07. The largest absolute Gasteiger partial charge is 0.381 e. The third-order valence-corrected chi connectivity index (χ3v) is 3.62. The molecule has 0 radical (unpaired) electrons. The van der Waals surface area contributed by atoms with Gasteiger partial charge >= 0.3 is 0 Å². The highest BCUT2D eigenvalue weighted by atomic mass is 16.5. The van der Waals surface area contributed by atoms with Crippen molar-refractivity contribution in [3.05, 3.63) is 18.0 Å². The highest BCUT2D eigenvalue weighted by Gasteiger charge is 2.17. The molecule has 1 aliphatic heterocycles. The van der Waals surface area contributed by atoms with Crippen molar-refractivity contribution in [2.24, 2.45) is 5.92 Å². The number of hydrogen-bond acceptors (Lipinski definition) is 5. The fourth-order valence-electron chi connectivity index (χ4n) is 2.36. The standard InChI is InChI=1S/C15H26N4O/c1-12(2)16-8-14-9-17-15(18-10-14)19(3)11-13-4-6-20-7-5-13/h9-10,12-13,16H,4-8,11H2,1-3H3. The van der Waals surface area contributed by atoms with Gasteiger partial charge < -0.3 is 15.0 Å². The minimum absolute atomic E-state index is 0.478. The third kappa shape index (κ3) is 4.72. The number of hydrogen-bond donors (Lipinski definition) is 1. The molecule has 1 saturated heterocycles. The summed E-state index contributed by atoms with van der Waals surface area (Å²) >= 11 is 0. The van der Waals surface area contributed by atoms with Crippen LogP contribution in [0.1, 0.15) is 32.3 Å². The maximum absolute atomic E-state index is 5.39. The molecule has 2 heterocycles. The Kier molecular flexibility index (Phi) is 5.73. The summed E-state index contributed by atoms with van der Waals surface area (Å²) in [6, 6.07) is 0.478. The molecule has 0 aromatic carbocycles. The van der Waals surface area contributed by atoms with Crippen molar-refractivity contribution in [2.75, 3.05) is 31.7 Å². The van der Waals surface area contributed by atoms with Crippen LogP contribution in [0.4, 0.5) is 5.95 Å². The maximum atomic E-state index is 5.39. The molecular formula is C15H26N4O. The van der Waals surface area contributed by atoms with Crippen LogP contribution in [-0.4, -0.2) is 42.8 Å².